The van der Waals surface area contributed by atoms with Crippen LogP contribution < -0.4 is 9.62 Å². The highest BCUT2D eigenvalue weighted by Crippen LogP contribution is 2.24. The molecular weight excluding hydrogens is 529 g/mol. The van der Waals surface area contributed by atoms with Crippen molar-refractivity contribution in [3.05, 3.63) is 95.3 Å². The molecular formula is C28H31ClFN3O4S. The van der Waals surface area contributed by atoms with Crippen molar-refractivity contribution >= 4 is 39.1 Å². The summed E-state index contributed by atoms with van der Waals surface area (Å²) in [6.45, 7) is 5.44. The Morgan fingerprint density at radius 2 is 1.53 bits per heavy atom. The van der Waals surface area contributed by atoms with Crippen LogP contribution in [0.25, 0.3) is 0 Å². The lowest BCUT2D eigenvalue weighted by Crippen LogP contribution is -2.51. The molecule has 3 rings (SSSR count). The van der Waals surface area contributed by atoms with Crippen LogP contribution in [-0.4, -0.2) is 44.3 Å². The minimum absolute atomic E-state index is 0.0610. The third-order valence-electron chi connectivity index (χ3n) is 5.84. The first-order valence-corrected chi connectivity index (χ1v) is 14.0. The number of carbonyl (C=O) groups is 2. The van der Waals surface area contributed by atoms with Crippen molar-refractivity contribution in [2.24, 2.45) is 5.92 Å². The minimum Gasteiger partial charge on any atom is -0.354 e. The van der Waals surface area contributed by atoms with Gasteiger partial charge in [0.25, 0.3) is 10.0 Å². The molecule has 1 N–H and O–H groups in total. The normalized spacial score (nSPS) is 12.2. The molecule has 3 aromatic rings. The zero-order valence-corrected chi connectivity index (χ0v) is 23.0. The van der Waals surface area contributed by atoms with Gasteiger partial charge in [0.2, 0.25) is 11.8 Å². The van der Waals surface area contributed by atoms with E-state index in [2.05, 4.69) is 5.32 Å². The number of halogens is 2. The molecule has 10 heteroatoms. The highest BCUT2D eigenvalue weighted by Gasteiger charge is 2.32. The summed E-state index contributed by atoms with van der Waals surface area (Å²) in [5, 5.41) is 3.36. The van der Waals surface area contributed by atoms with E-state index in [1.807, 2.05) is 13.8 Å². The molecule has 0 bridgehead atoms. The summed E-state index contributed by atoms with van der Waals surface area (Å²) in [5.74, 6) is -1.31. The number of nitrogens with zero attached hydrogens (tertiary/aromatic N) is 2. The van der Waals surface area contributed by atoms with E-state index in [1.54, 1.807) is 61.5 Å². The third kappa shape index (κ3) is 7.55. The molecule has 2 amide bonds. The summed E-state index contributed by atoms with van der Waals surface area (Å²) in [4.78, 5) is 27.9. The van der Waals surface area contributed by atoms with Gasteiger partial charge in [0.1, 0.15) is 18.4 Å². The fourth-order valence-electron chi connectivity index (χ4n) is 3.68. The van der Waals surface area contributed by atoms with Crippen LogP contribution in [-0.2, 0) is 26.2 Å². The van der Waals surface area contributed by atoms with Crippen molar-refractivity contribution in [3.63, 3.8) is 0 Å². The molecule has 38 heavy (non-hydrogen) atoms. The molecule has 0 saturated heterocycles. The molecule has 0 aliphatic rings. The van der Waals surface area contributed by atoms with Crippen LogP contribution in [0.2, 0.25) is 5.02 Å². The number of carbonyl (C=O) groups excluding carboxylic acids is 2. The Morgan fingerprint density at radius 3 is 2.11 bits per heavy atom. The number of benzene rings is 3. The standard InChI is InChI=1S/C28H31ClFN3O4S/c1-20(2)17-31-28(35)21(3)32(18-22-9-11-23(29)12-10-22)27(34)19-33(25-7-5-4-6-8-25)38(36,37)26-15-13-24(30)14-16-26/h4-16,20-21H,17-19H2,1-3H3,(H,31,35)/t21-/m0/s1. The SMILES string of the molecule is CC(C)CNC(=O)[C@H](C)N(Cc1ccc(Cl)cc1)C(=O)CN(c1ccccc1)S(=O)(=O)c1ccc(F)cc1. The van der Waals surface area contributed by atoms with E-state index in [1.165, 1.54) is 4.90 Å². The highest BCUT2D eigenvalue weighted by atomic mass is 35.5. The van der Waals surface area contributed by atoms with Gasteiger partial charge in [-0.25, -0.2) is 12.8 Å². The van der Waals surface area contributed by atoms with E-state index in [0.29, 0.717) is 11.6 Å². The molecule has 0 saturated carbocycles. The van der Waals surface area contributed by atoms with Crippen LogP contribution in [0.4, 0.5) is 10.1 Å². The molecule has 0 radical (unpaired) electrons. The fraction of sp³-hybridized carbons (Fsp3) is 0.286. The van der Waals surface area contributed by atoms with E-state index >= 15 is 0 Å². The monoisotopic (exact) mass is 559 g/mol. The molecule has 0 aromatic heterocycles. The minimum atomic E-state index is -4.24. The Bertz CT molecular complexity index is 1330. The summed E-state index contributed by atoms with van der Waals surface area (Å²) < 4.78 is 41.7. The first-order valence-electron chi connectivity index (χ1n) is 12.1. The van der Waals surface area contributed by atoms with Crippen LogP contribution in [0.1, 0.15) is 26.3 Å². The zero-order chi connectivity index (χ0) is 27.9. The second-order valence-corrected chi connectivity index (χ2v) is 11.6. The Morgan fingerprint density at radius 1 is 0.921 bits per heavy atom. The van der Waals surface area contributed by atoms with E-state index in [9.17, 15) is 22.4 Å². The number of rotatable bonds is 11. The highest BCUT2D eigenvalue weighted by molar-refractivity contribution is 7.92. The van der Waals surface area contributed by atoms with Crippen LogP contribution in [0, 0.1) is 11.7 Å². The van der Waals surface area contributed by atoms with Gasteiger partial charge in [-0.05, 0) is 66.9 Å². The maximum Gasteiger partial charge on any atom is 0.264 e. The Kier molecular flexibility index (Phi) is 9.88. The smallest absolute Gasteiger partial charge is 0.264 e. The number of nitrogens with one attached hydrogen (secondary N) is 1. The first-order chi connectivity index (χ1) is 18.0. The van der Waals surface area contributed by atoms with Crippen molar-refractivity contribution in [1.29, 1.82) is 0 Å². The first kappa shape index (κ1) is 29.1. The number of sulfonamides is 1. The maximum atomic E-state index is 13.8. The molecule has 1 atom stereocenters. The summed E-state index contributed by atoms with van der Waals surface area (Å²) in [5.41, 5.74) is 0.979. The van der Waals surface area contributed by atoms with Gasteiger partial charge in [0.15, 0.2) is 0 Å². The summed E-state index contributed by atoms with van der Waals surface area (Å²) in [6, 6.07) is 18.5. The second kappa shape index (κ2) is 12.9. The summed E-state index contributed by atoms with van der Waals surface area (Å²) >= 11 is 6.01. The number of anilines is 1. The van der Waals surface area contributed by atoms with Crippen LogP contribution in [0.5, 0.6) is 0 Å². The van der Waals surface area contributed by atoms with Crippen LogP contribution >= 0.6 is 11.6 Å². The van der Waals surface area contributed by atoms with Crippen molar-refractivity contribution in [2.45, 2.75) is 38.3 Å². The predicted molar refractivity (Wildman–Crippen MR) is 147 cm³/mol. The number of para-hydroxylation sites is 1. The van der Waals surface area contributed by atoms with Gasteiger partial charge in [0, 0.05) is 18.1 Å². The van der Waals surface area contributed by atoms with E-state index < -0.39 is 34.3 Å². The molecule has 3 aromatic carbocycles. The van der Waals surface area contributed by atoms with Gasteiger partial charge < -0.3 is 10.2 Å². The molecule has 0 unspecified atom stereocenters. The lowest BCUT2D eigenvalue weighted by molar-refractivity contribution is -0.139. The molecule has 0 spiro atoms. The van der Waals surface area contributed by atoms with Crippen molar-refractivity contribution in [3.8, 4) is 0 Å². The van der Waals surface area contributed by atoms with Gasteiger partial charge in [-0.1, -0.05) is 55.8 Å². The lowest BCUT2D eigenvalue weighted by atomic mass is 10.1. The van der Waals surface area contributed by atoms with Gasteiger partial charge in [-0.15, -0.1) is 0 Å². The van der Waals surface area contributed by atoms with Crippen molar-refractivity contribution < 1.29 is 22.4 Å². The number of hydrogen-bond donors (Lipinski definition) is 1. The second-order valence-electron chi connectivity index (χ2n) is 9.26. The van der Waals surface area contributed by atoms with Gasteiger partial charge >= 0.3 is 0 Å². The Labute approximate surface area is 228 Å². The zero-order valence-electron chi connectivity index (χ0n) is 21.5. The fourth-order valence-corrected chi connectivity index (χ4v) is 5.22. The maximum absolute atomic E-state index is 13.8. The molecule has 0 heterocycles. The summed E-state index contributed by atoms with van der Waals surface area (Å²) in [7, 11) is -4.24. The van der Waals surface area contributed by atoms with E-state index in [-0.39, 0.29) is 29.0 Å². The molecule has 0 aliphatic carbocycles. The molecule has 202 valence electrons. The topological polar surface area (TPSA) is 86.8 Å². The Balaban J connectivity index is 1.97. The average Bonchev–Trinajstić information content (AvgIpc) is 2.90. The molecule has 7 nitrogen and oxygen atoms in total. The van der Waals surface area contributed by atoms with Crippen molar-refractivity contribution in [1.82, 2.24) is 10.2 Å². The quantitative estimate of drug-likeness (QED) is 0.363. The van der Waals surface area contributed by atoms with Crippen molar-refractivity contribution in [2.75, 3.05) is 17.4 Å². The van der Waals surface area contributed by atoms with Gasteiger partial charge in [-0.2, -0.15) is 0 Å². The number of amides is 2. The number of hydrogen-bond acceptors (Lipinski definition) is 4. The van der Waals surface area contributed by atoms with E-state index in [0.717, 1.165) is 34.1 Å². The average molecular weight is 560 g/mol. The van der Waals surface area contributed by atoms with Crippen LogP contribution in [0.3, 0.4) is 0 Å². The summed E-state index contributed by atoms with van der Waals surface area (Å²) in [6.07, 6.45) is 0. The lowest BCUT2D eigenvalue weighted by Gasteiger charge is -2.32. The molecule has 0 aliphatic heterocycles. The van der Waals surface area contributed by atoms with Crippen LogP contribution in [0.15, 0.2) is 83.8 Å². The van der Waals surface area contributed by atoms with E-state index in [4.69, 9.17) is 11.6 Å². The molecule has 0 fully saturated rings. The predicted octanol–water partition coefficient (Wildman–Crippen LogP) is 4.86. The van der Waals surface area contributed by atoms with Gasteiger partial charge in [0.05, 0.1) is 10.6 Å². The Hall–Kier alpha value is -3.43. The third-order valence-corrected chi connectivity index (χ3v) is 7.88. The largest absolute Gasteiger partial charge is 0.354 e. The van der Waals surface area contributed by atoms with Gasteiger partial charge in [-0.3, -0.25) is 13.9 Å².